The van der Waals surface area contributed by atoms with E-state index in [1.54, 1.807) is 0 Å². The van der Waals surface area contributed by atoms with E-state index in [0.717, 1.165) is 19.4 Å². The third-order valence-corrected chi connectivity index (χ3v) is 2.21. The highest BCUT2D eigenvalue weighted by Crippen LogP contribution is 2.17. The molecule has 0 aromatic rings. The molecule has 0 aromatic carbocycles. The number of ether oxygens (including phenoxy) is 1. The molecule has 1 aliphatic heterocycles. The van der Waals surface area contributed by atoms with Gasteiger partial charge in [0.1, 0.15) is 0 Å². The first kappa shape index (κ1) is 9.01. The van der Waals surface area contributed by atoms with E-state index in [1.807, 2.05) is 0 Å². The summed E-state index contributed by atoms with van der Waals surface area (Å²) in [5, 5.41) is 8.53. The number of aliphatic hydroxyl groups is 1. The average molecular weight is 158 g/mol. The second-order valence-electron chi connectivity index (χ2n) is 3.21. The molecular weight excluding hydrogens is 140 g/mol. The number of hydrogen-bond acceptors (Lipinski definition) is 2. The molecule has 2 nitrogen and oxygen atoms in total. The number of unbranched alkanes of at least 4 members (excludes halogenated alkanes) is 2. The van der Waals surface area contributed by atoms with E-state index in [-0.39, 0.29) is 0 Å². The Hall–Kier alpha value is -0.0800. The van der Waals surface area contributed by atoms with Crippen molar-refractivity contribution in [1.29, 1.82) is 0 Å². The van der Waals surface area contributed by atoms with Crippen LogP contribution in [0.5, 0.6) is 0 Å². The normalized spacial score (nSPS) is 24.3. The van der Waals surface area contributed by atoms with Crippen LogP contribution in [0.2, 0.25) is 0 Å². The Bertz CT molecular complexity index is 87.6. The largest absolute Gasteiger partial charge is 0.396 e. The van der Waals surface area contributed by atoms with Gasteiger partial charge < -0.3 is 9.84 Å². The predicted molar refractivity (Wildman–Crippen MR) is 44.5 cm³/mol. The first-order valence-electron chi connectivity index (χ1n) is 4.66. The summed E-state index contributed by atoms with van der Waals surface area (Å²) in [5.41, 5.74) is 0. The van der Waals surface area contributed by atoms with Gasteiger partial charge in [0, 0.05) is 13.2 Å². The van der Waals surface area contributed by atoms with Gasteiger partial charge in [-0.15, -0.1) is 0 Å². The molecule has 11 heavy (non-hydrogen) atoms. The number of aliphatic hydroxyl groups excluding tert-OH is 1. The van der Waals surface area contributed by atoms with Crippen molar-refractivity contribution < 1.29 is 9.84 Å². The lowest BCUT2D eigenvalue weighted by Gasteiger charge is -2.07. The lowest BCUT2D eigenvalue weighted by molar-refractivity contribution is 0.101. The van der Waals surface area contributed by atoms with Crippen molar-refractivity contribution in [2.75, 3.05) is 13.2 Å². The Kier molecular flexibility index (Phi) is 4.55. The summed E-state index contributed by atoms with van der Waals surface area (Å²) < 4.78 is 5.47. The van der Waals surface area contributed by atoms with E-state index in [0.29, 0.717) is 12.7 Å². The van der Waals surface area contributed by atoms with Gasteiger partial charge in [-0.3, -0.25) is 0 Å². The number of hydrogen-bond donors (Lipinski definition) is 1. The fourth-order valence-electron chi connectivity index (χ4n) is 1.53. The summed E-state index contributed by atoms with van der Waals surface area (Å²) in [4.78, 5) is 0. The summed E-state index contributed by atoms with van der Waals surface area (Å²) in [6, 6.07) is 0. The molecule has 0 saturated carbocycles. The lowest BCUT2D eigenvalue weighted by Crippen LogP contribution is -2.03. The van der Waals surface area contributed by atoms with Gasteiger partial charge in [0.15, 0.2) is 0 Å². The smallest absolute Gasteiger partial charge is 0.0576 e. The minimum atomic E-state index is 0.339. The molecule has 0 amide bonds. The van der Waals surface area contributed by atoms with Crippen molar-refractivity contribution in [1.82, 2.24) is 0 Å². The summed E-state index contributed by atoms with van der Waals surface area (Å²) in [7, 11) is 0. The Balaban J connectivity index is 1.86. The van der Waals surface area contributed by atoms with Crippen LogP contribution in [0.15, 0.2) is 0 Å². The van der Waals surface area contributed by atoms with Crippen molar-refractivity contribution in [3.05, 3.63) is 0 Å². The highest BCUT2D eigenvalue weighted by atomic mass is 16.5. The van der Waals surface area contributed by atoms with E-state index in [9.17, 15) is 0 Å². The molecule has 0 bridgehead atoms. The zero-order valence-corrected chi connectivity index (χ0v) is 7.09. The second-order valence-corrected chi connectivity index (χ2v) is 3.21. The Morgan fingerprint density at radius 2 is 2.18 bits per heavy atom. The summed E-state index contributed by atoms with van der Waals surface area (Å²) in [5.74, 6) is 0. The van der Waals surface area contributed by atoms with Gasteiger partial charge in [0.2, 0.25) is 0 Å². The fourth-order valence-corrected chi connectivity index (χ4v) is 1.53. The predicted octanol–water partition coefficient (Wildman–Crippen LogP) is 1.72. The van der Waals surface area contributed by atoms with Gasteiger partial charge in [-0.1, -0.05) is 12.8 Å². The highest BCUT2D eigenvalue weighted by molar-refractivity contribution is 4.64. The first-order valence-corrected chi connectivity index (χ1v) is 4.66. The number of rotatable bonds is 5. The van der Waals surface area contributed by atoms with Gasteiger partial charge >= 0.3 is 0 Å². The molecule has 1 atom stereocenters. The third kappa shape index (κ3) is 3.73. The van der Waals surface area contributed by atoms with Crippen LogP contribution in [-0.4, -0.2) is 24.4 Å². The molecule has 1 N–H and O–H groups in total. The van der Waals surface area contributed by atoms with Crippen molar-refractivity contribution in [3.63, 3.8) is 0 Å². The van der Waals surface area contributed by atoms with Crippen molar-refractivity contribution in [3.8, 4) is 0 Å². The SMILES string of the molecule is OCCCCCC1CCCO1. The maximum Gasteiger partial charge on any atom is 0.0576 e. The fraction of sp³-hybridized carbons (Fsp3) is 1.00. The average Bonchev–Trinajstić information content (AvgIpc) is 2.50. The van der Waals surface area contributed by atoms with Crippen LogP contribution >= 0.6 is 0 Å². The van der Waals surface area contributed by atoms with Crippen LogP contribution in [0, 0.1) is 0 Å². The second kappa shape index (κ2) is 5.56. The molecular formula is C9H18O2. The van der Waals surface area contributed by atoms with E-state index in [4.69, 9.17) is 9.84 Å². The van der Waals surface area contributed by atoms with Gasteiger partial charge in [0.25, 0.3) is 0 Å². The van der Waals surface area contributed by atoms with E-state index >= 15 is 0 Å². The van der Waals surface area contributed by atoms with Crippen molar-refractivity contribution in [2.45, 2.75) is 44.6 Å². The van der Waals surface area contributed by atoms with Crippen LogP contribution in [0.3, 0.4) is 0 Å². The Labute approximate surface area is 68.6 Å². The highest BCUT2D eigenvalue weighted by Gasteiger charge is 2.13. The topological polar surface area (TPSA) is 29.5 Å². The third-order valence-electron chi connectivity index (χ3n) is 2.21. The van der Waals surface area contributed by atoms with Gasteiger partial charge in [-0.2, -0.15) is 0 Å². The van der Waals surface area contributed by atoms with Crippen LogP contribution in [0.25, 0.3) is 0 Å². The minimum absolute atomic E-state index is 0.339. The molecule has 1 saturated heterocycles. The molecule has 1 unspecified atom stereocenters. The summed E-state index contributed by atoms with van der Waals surface area (Å²) in [6.07, 6.45) is 7.53. The molecule has 0 radical (unpaired) electrons. The molecule has 2 heteroatoms. The van der Waals surface area contributed by atoms with Crippen molar-refractivity contribution in [2.24, 2.45) is 0 Å². The van der Waals surface area contributed by atoms with E-state index in [1.165, 1.54) is 25.7 Å². The van der Waals surface area contributed by atoms with Crippen LogP contribution in [0.4, 0.5) is 0 Å². The standard InChI is InChI=1S/C9H18O2/c10-7-3-1-2-5-9-6-4-8-11-9/h9-10H,1-8H2. The molecule has 1 rings (SSSR count). The molecule has 0 spiro atoms. The summed E-state index contributed by atoms with van der Waals surface area (Å²) >= 11 is 0. The summed E-state index contributed by atoms with van der Waals surface area (Å²) in [6.45, 7) is 1.30. The van der Waals surface area contributed by atoms with Gasteiger partial charge in [-0.05, 0) is 25.7 Å². The Morgan fingerprint density at radius 1 is 1.27 bits per heavy atom. The molecule has 1 aliphatic rings. The molecule has 1 fully saturated rings. The van der Waals surface area contributed by atoms with Crippen LogP contribution in [-0.2, 0) is 4.74 Å². The molecule has 0 aliphatic carbocycles. The van der Waals surface area contributed by atoms with Crippen LogP contribution in [0.1, 0.15) is 38.5 Å². The maximum absolute atomic E-state index is 8.53. The zero-order valence-electron chi connectivity index (χ0n) is 7.09. The quantitative estimate of drug-likeness (QED) is 0.617. The maximum atomic E-state index is 8.53. The van der Waals surface area contributed by atoms with Gasteiger partial charge in [0.05, 0.1) is 6.10 Å². The minimum Gasteiger partial charge on any atom is -0.396 e. The first-order chi connectivity index (χ1) is 5.43. The zero-order chi connectivity index (χ0) is 7.94. The van der Waals surface area contributed by atoms with Crippen LogP contribution < -0.4 is 0 Å². The Morgan fingerprint density at radius 3 is 2.82 bits per heavy atom. The molecule has 66 valence electrons. The monoisotopic (exact) mass is 158 g/mol. The van der Waals surface area contributed by atoms with E-state index in [2.05, 4.69) is 0 Å². The molecule has 0 aromatic heterocycles. The molecule has 1 heterocycles. The lowest BCUT2D eigenvalue weighted by atomic mass is 10.1. The van der Waals surface area contributed by atoms with Crippen molar-refractivity contribution >= 4 is 0 Å². The van der Waals surface area contributed by atoms with E-state index < -0.39 is 0 Å². The van der Waals surface area contributed by atoms with Gasteiger partial charge in [-0.25, -0.2) is 0 Å².